The molecule has 2 aromatic carbocycles. The molecule has 1 amide bonds. The zero-order valence-electron chi connectivity index (χ0n) is 15.6. The van der Waals surface area contributed by atoms with Crippen molar-refractivity contribution >= 4 is 34.6 Å². The number of hydrogen-bond donors (Lipinski definition) is 1. The van der Waals surface area contributed by atoms with E-state index >= 15 is 0 Å². The van der Waals surface area contributed by atoms with Gasteiger partial charge in [0.2, 0.25) is 0 Å². The topological polar surface area (TPSA) is 72.8 Å². The van der Waals surface area contributed by atoms with Crippen LogP contribution in [-0.4, -0.2) is 30.8 Å². The molecule has 3 rings (SSSR count). The van der Waals surface area contributed by atoms with E-state index in [1.807, 2.05) is 48.5 Å². The minimum atomic E-state index is -0.373. The number of ether oxygens (including phenoxy) is 2. The fourth-order valence-electron chi connectivity index (χ4n) is 2.54. The number of nitrogens with zero attached hydrogens (tertiary/aromatic N) is 2. The number of fused-ring (bicyclic) bond motifs is 1. The van der Waals surface area contributed by atoms with E-state index in [1.165, 1.54) is 11.8 Å². The maximum Gasteiger partial charge on any atom is 0.277 e. The summed E-state index contributed by atoms with van der Waals surface area (Å²) in [7, 11) is 1.60. The predicted octanol–water partition coefficient (Wildman–Crippen LogP) is 3.99. The molecular formula is C21H20ClN3O3. The third-order valence-electron chi connectivity index (χ3n) is 4.10. The zero-order valence-corrected chi connectivity index (χ0v) is 16.4. The van der Waals surface area contributed by atoms with Gasteiger partial charge in [-0.25, -0.2) is 10.4 Å². The lowest BCUT2D eigenvalue weighted by Crippen LogP contribution is -2.24. The zero-order chi connectivity index (χ0) is 19.9. The average Bonchev–Trinajstić information content (AvgIpc) is 2.72. The van der Waals surface area contributed by atoms with Crippen LogP contribution in [0, 0.1) is 0 Å². The standard InChI is InChI=1S/C21H20ClN3O3/c1-3-14-4-6-17(7-5-14)28-13-20(26)25-23-12-16-10-15-11-18(27-2)8-9-19(15)24-21(16)22/h4-12H,3,13H2,1-2H3,(H,25,26)/b23-12-. The molecule has 6 nitrogen and oxygen atoms in total. The molecule has 0 saturated heterocycles. The van der Waals surface area contributed by atoms with Crippen LogP contribution in [0.25, 0.3) is 10.9 Å². The number of amides is 1. The van der Waals surface area contributed by atoms with Crippen molar-refractivity contribution in [2.24, 2.45) is 5.10 Å². The third-order valence-corrected chi connectivity index (χ3v) is 4.40. The van der Waals surface area contributed by atoms with Gasteiger partial charge >= 0.3 is 0 Å². The first-order valence-corrected chi connectivity index (χ1v) is 9.14. The Balaban J connectivity index is 1.59. The quantitative estimate of drug-likeness (QED) is 0.371. The Morgan fingerprint density at radius 2 is 1.93 bits per heavy atom. The van der Waals surface area contributed by atoms with Crippen LogP contribution in [0.2, 0.25) is 5.15 Å². The number of benzene rings is 2. The van der Waals surface area contributed by atoms with Crippen molar-refractivity contribution < 1.29 is 14.3 Å². The van der Waals surface area contributed by atoms with Crippen molar-refractivity contribution in [1.29, 1.82) is 0 Å². The molecule has 0 unspecified atom stereocenters. The molecule has 0 atom stereocenters. The van der Waals surface area contributed by atoms with Crippen molar-refractivity contribution in [3.8, 4) is 11.5 Å². The Kier molecular flexibility index (Phi) is 6.45. The van der Waals surface area contributed by atoms with Gasteiger partial charge in [0.1, 0.15) is 16.7 Å². The molecule has 0 spiro atoms. The van der Waals surface area contributed by atoms with Gasteiger partial charge in [0.25, 0.3) is 5.91 Å². The first-order chi connectivity index (χ1) is 13.6. The maximum absolute atomic E-state index is 11.9. The number of methoxy groups -OCH3 is 1. The van der Waals surface area contributed by atoms with Gasteiger partial charge in [-0.05, 0) is 48.4 Å². The van der Waals surface area contributed by atoms with Gasteiger partial charge in [-0.1, -0.05) is 30.7 Å². The van der Waals surface area contributed by atoms with Crippen LogP contribution < -0.4 is 14.9 Å². The van der Waals surface area contributed by atoms with Gasteiger partial charge in [0.15, 0.2) is 6.61 Å². The van der Waals surface area contributed by atoms with Crippen LogP contribution in [0.1, 0.15) is 18.1 Å². The van der Waals surface area contributed by atoms with Crippen LogP contribution >= 0.6 is 11.6 Å². The van der Waals surface area contributed by atoms with Gasteiger partial charge in [-0.3, -0.25) is 4.79 Å². The summed E-state index contributed by atoms with van der Waals surface area (Å²) in [6, 6.07) is 14.9. The van der Waals surface area contributed by atoms with Crippen molar-refractivity contribution in [3.05, 3.63) is 64.8 Å². The summed E-state index contributed by atoms with van der Waals surface area (Å²) >= 11 is 6.19. The molecule has 28 heavy (non-hydrogen) atoms. The van der Waals surface area contributed by atoms with E-state index in [2.05, 4.69) is 22.4 Å². The van der Waals surface area contributed by atoms with Gasteiger partial charge < -0.3 is 9.47 Å². The van der Waals surface area contributed by atoms with Crippen molar-refractivity contribution in [1.82, 2.24) is 10.4 Å². The molecule has 0 aliphatic heterocycles. The number of hydrazone groups is 1. The second kappa shape index (κ2) is 9.19. The largest absolute Gasteiger partial charge is 0.497 e. The highest BCUT2D eigenvalue weighted by atomic mass is 35.5. The predicted molar refractivity (Wildman–Crippen MR) is 110 cm³/mol. The molecule has 0 aliphatic carbocycles. The molecule has 1 N–H and O–H groups in total. The Morgan fingerprint density at radius 1 is 1.18 bits per heavy atom. The number of halogens is 1. The Morgan fingerprint density at radius 3 is 2.64 bits per heavy atom. The van der Waals surface area contributed by atoms with E-state index in [0.717, 1.165) is 23.1 Å². The average molecular weight is 398 g/mol. The van der Waals surface area contributed by atoms with Crippen LogP contribution in [0.3, 0.4) is 0 Å². The van der Waals surface area contributed by atoms with Gasteiger partial charge in [-0.15, -0.1) is 0 Å². The lowest BCUT2D eigenvalue weighted by atomic mass is 10.1. The molecule has 0 fully saturated rings. The second-order valence-corrected chi connectivity index (χ2v) is 6.36. The first kappa shape index (κ1) is 19.6. The first-order valence-electron chi connectivity index (χ1n) is 8.77. The summed E-state index contributed by atoms with van der Waals surface area (Å²) in [6.07, 6.45) is 2.40. The van der Waals surface area contributed by atoms with E-state index in [4.69, 9.17) is 21.1 Å². The number of hydrogen-bond acceptors (Lipinski definition) is 5. The van der Waals surface area contributed by atoms with Crippen molar-refractivity contribution in [2.45, 2.75) is 13.3 Å². The molecule has 0 saturated carbocycles. The summed E-state index contributed by atoms with van der Waals surface area (Å²) in [6.45, 7) is 1.94. The van der Waals surface area contributed by atoms with Gasteiger partial charge in [0.05, 0.1) is 18.8 Å². The van der Waals surface area contributed by atoms with E-state index < -0.39 is 0 Å². The third kappa shape index (κ3) is 4.98. The van der Waals surface area contributed by atoms with E-state index in [-0.39, 0.29) is 12.5 Å². The monoisotopic (exact) mass is 397 g/mol. The van der Waals surface area contributed by atoms with Crippen LogP contribution in [-0.2, 0) is 11.2 Å². The summed E-state index contributed by atoms with van der Waals surface area (Å²) in [5, 5.41) is 5.08. The molecule has 0 radical (unpaired) electrons. The van der Waals surface area contributed by atoms with Crippen LogP contribution in [0.15, 0.2) is 53.6 Å². The minimum absolute atomic E-state index is 0.135. The van der Waals surface area contributed by atoms with Crippen molar-refractivity contribution in [2.75, 3.05) is 13.7 Å². The molecule has 3 aromatic rings. The molecular weight excluding hydrogens is 378 g/mol. The number of aryl methyl sites for hydroxylation is 1. The van der Waals surface area contributed by atoms with Crippen molar-refractivity contribution in [3.63, 3.8) is 0 Å². The number of carbonyl (C=O) groups excluding carboxylic acids is 1. The van der Waals surface area contributed by atoms with E-state index in [9.17, 15) is 4.79 Å². The smallest absolute Gasteiger partial charge is 0.277 e. The number of rotatable bonds is 7. The van der Waals surface area contributed by atoms with E-state index in [0.29, 0.717) is 16.5 Å². The number of nitrogens with one attached hydrogen (secondary N) is 1. The highest BCUT2D eigenvalue weighted by molar-refractivity contribution is 6.32. The van der Waals surface area contributed by atoms with Gasteiger partial charge in [-0.2, -0.15) is 5.10 Å². The Labute approximate surface area is 168 Å². The minimum Gasteiger partial charge on any atom is -0.497 e. The Bertz CT molecular complexity index is 1000. The summed E-state index contributed by atoms with van der Waals surface area (Å²) in [4.78, 5) is 16.2. The highest BCUT2D eigenvalue weighted by Gasteiger charge is 2.06. The lowest BCUT2D eigenvalue weighted by Gasteiger charge is -2.06. The molecule has 7 heteroatoms. The number of carbonyl (C=O) groups is 1. The number of pyridine rings is 1. The molecule has 0 aliphatic rings. The lowest BCUT2D eigenvalue weighted by molar-refractivity contribution is -0.123. The fraction of sp³-hybridized carbons (Fsp3) is 0.190. The van der Waals surface area contributed by atoms with Crippen LogP contribution in [0.5, 0.6) is 11.5 Å². The SMILES string of the molecule is CCc1ccc(OCC(=O)N/N=C\c2cc3cc(OC)ccc3nc2Cl)cc1. The maximum atomic E-state index is 11.9. The van der Waals surface area contributed by atoms with Gasteiger partial charge in [0, 0.05) is 10.9 Å². The van der Waals surface area contributed by atoms with E-state index in [1.54, 1.807) is 7.11 Å². The summed E-state index contributed by atoms with van der Waals surface area (Å²) < 4.78 is 10.7. The number of aromatic nitrogens is 1. The molecule has 1 aromatic heterocycles. The molecule has 144 valence electrons. The normalized spacial score (nSPS) is 11.0. The second-order valence-electron chi connectivity index (χ2n) is 6.01. The highest BCUT2D eigenvalue weighted by Crippen LogP contribution is 2.23. The summed E-state index contributed by atoms with van der Waals surface area (Å²) in [5.41, 5.74) is 4.95. The molecule has 1 heterocycles. The van der Waals surface area contributed by atoms with Crippen LogP contribution in [0.4, 0.5) is 0 Å². The summed E-state index contributed by atoms with van der Waals surface area (Å²) in [5.74, 6) is 0.978. The fourth-order valence-corrected chi connectivity index (χ4v) is 2.74. The molecule has 0 bridgehead atoms. The Hall–Kier alpha value is -3.12.